The number of piperidine rings is 1. The number of furan rings is 1. The van der Waals surface area contributed by atoms with E-state index in [1.165, 1.54) is 12.7 Å². The lowest BCUT2D eigenvalue weighted by atomic mass is 10.00. The van der Waals surface area contributed by atoms with Gasteiger partial charge in [0.2, 0.25) is 5.78 Å². The summed E-state index contributed by atoms with van der Waals surface area (Å²) in [6, 6.07) is 3.44. The first-order valence-corrected chi connectivity index (χ1v) is 4.69. The number of hydrogen-bond acceptors (Lipinski definition) is 3. The quantitative estimate of drug-likeness (QED) is 0.701. The van der Waals surface area contributed by atoms with Crippen molar-refractivity contribution in [3.8, 4) is 0 Å². The van der Waals surface area contributed by atoms with E-state index in [4.69, 9.17) is 4.42 Å². The van der Waals surface area contributed by atoms with Crippen molar-refractivity contribution in [3.05, 3.63) is 24.2 Å². The van der Waals surface area contributed by atoms with Crippen molar-refractivity contribution in [1.82, 2.24) is 5.32 Å². The van der Waals surface area contributed by atoms with E-state index in [-0.39, 0.29) is 11.8 Å². The zero-order valence-electron chi connectivity index (χ0n) is 7.45. The van der Waals surface area contributed by atoms with Crippen LogP contribution in [0.4, 0.5) is 0 Å². The summed E-state index contributed by atoms with van der Waals surface area (Å²) >= 11 is 0. The standard InChI is InChI=1S/C10H13NO2/c12-10(9-5-3-7-13-9)8-4-1-2-6-11-8/h3,5,7-8,11H,1-2,4,6H2. The lowest BCUT2D eigenvalue weighted by Crippen LogP contribution is -2.40. The third kappa shape index (κ3) is 1.80. The molecule has 0 saturated carbocycles. The predicted octanol–water partition coefficient (Wildman–Crippen LogP) is 1.60. The topological polar surface area (TPSA) is 42.2 Å². The summed E-state index contributed by atoms with van der Waals surface area (Å²) in [7, 11) is 0. The van der Waals surface area contributed by atoms with Gasteiger partial charge in [0.1, 0.15) is 0 Å². The molecule has 1 aromatic heterocycles. The van der Waals surface area contributed by atoms with Gasteiger partial charge in [-0.3, -0.25) is 4.79 Å². The zero-order valence-corrected chi connectivity index (χ0v) is 7.45. The Morgan fingerprint density at radius 3 is 3.08 bits per heavy atom. The van der Waals surface area contributed by atoms with Crippen LogP contribution in [-0.4, -0.2) is 18.4 Å². The van der Waals surface area contributed by atoms with E-state index >= 15 is 0 Å². The van der Waals surface area contributed by atoms with Gasteiger partial charge < -0.3 is 9.73 Å². The first kappa shape index (κ1) is 8.51. The molecule has 1 saturated heterocycles. The number of hydrogen-bond donors (Lipinski definition) is 1. The third-order valence-electron chi connectivity index (χ3n) is 2.39. The van der Waals surface area contributed by atoms with Gasteiger partial charge in [0.15, 0.2) is 5.76 Å². The minimum atomic E-state index is -0.0279. The molecular formula is C10H13NO2. The van der Waals surface area contributed by atoms with Gasteiger partial charge in [-0.2, -0.15) is 0 Å². The molecule has 1 unspecified atom stereocenters. The first-order chi connectivity index (χ1) is 6.38. The zero-order chi connectivity index (χ0) is 9.10. The second kappa shape index (κ2) is 3.75. The second-order valence-electron chi connectivity index (χ2n) is 3.34. The molecule has 1 aliphatic heterocycles. The number of carbonyl (C=O) groups excluding carboxylic acids is 1. The van der Waals surface area contributed by atoms with Gasteiger partial charge >= 0.3 is 0 Å². The first-order valence-electron chi connectivity index (χ1n) is 4.69. The van der Waals surface area contributed by atoms with Gasteiger partial charge in [0.25, 0.3) is 0 Å². The number of carbonyl (C=O) groups is 1. The number of Topliss-reactive ketones (excluding diaryl/α,β-unsaturated/α-hetero) is 1. The van der Waals surface area contributed by atoms with E-state index in [0.29, 0.717) is 5.76 Å². The Morgan fingerprint density at radius 2 is 2.46 bits per heavy atom. The number of rotatable bonds is 2. The van der Waals surface area contributed by atoms with E-state index in [0.717, 1.165) is 19.4 Å². The molecule has 1 atom stereocenters. The van der Waals surface area contributed by atoms with Crippen molar-refractivity contribution in [2.45, 2.75) is 25.3 Å². The lowest BCUT2D eigenvalue weighted by molar-refractivity contribution is 0.0899. The van der Waals surface area contributed by atoms with Crippen molar-refractivity contribution in [3.63, 3.8) is 0 Å². The summed E-state index contributed by atoms with van der Waals surface area (Å²) < 4.78 is 5.06. The van der Waals surface area contributed by atoms with Gasteiger partial charge in [-0.05, 0) is 31.5 Å². The lowest BCUT2D eigenvalue weighted by Gasteiger charge is -2.20. The summed E-state index contributed by atoms with van der Waals surface area (Å²) in [5.74, 6) is 0.559. The molecule has 70 valence electrons. The van der Waals surface area contributed by atoms with Crippen LogP contribution in [0.1, 0.15) is 29.8 Å². The molecule has 0 aromatic carbocycles. The highest BCUT2D eigenvalue weighted by molar-refractivity contribution is 5.97. The second-order valence-corrected chi connectivity index (χ2v) is 3.34. The predicted molar refractivity (Wildman–Crippen MR) is 48.7 cm³/mol. The minimum Gasteiger partial charge on any atom is -0.461 e. The Balaban J connectivity index is 2.04. The van der Waals surface area contributed by atoms with Gasteiger partial charge in [-0.15, -0.1) is 0 Å². The fourth-order valence-electron chi connectivity index (χ4n) is 1.67. The minimum absolute atomic E-state index is 0.0279. The molecule has 1 aromatic rings. The van der Waals surface area contributed by atoms with Gasteiger partial charge in [-0.1, -0.05) is 6.42 Å². The normalized spacial score (nSPS) is 22.9. The Kier molecular flexibility index (Phi) is 2.45. The molecule has 13 heavy (non-hydrogen) atoms. The summed E-state index contributed by atoms with van der Waals surface area (Å²) in [5.41, 5.74) is 0. The smallest absolute Gasteiger partial charge is 0.214 e. The molecular weight excluding hydrogens is 166 g/mol. The molecule has 0 amide bonds. The van der Waals surface area contributed by atoms with Crippen LogP contribution in [-0.2, 0) is 0 Å². The Hall–Kier alpha value is -1.09. The summed E-state index contributed by atoms with van der Waals surface area (Å²) in [6.07, 6.45) is 4.77. The summed E-state index contributed by atoms with van der Waals surface area (Å²) in [6.45, 7) is 0.942. The fourth-order valence-corrected chi connectivity index (χ4v) is 1.67. The van der Waals surface area contributed by atoms with Crippen molar-refractivity contribution in [2.24, 2.45) is 0 Å². The Morgan fingerprint density at radius 1 is 1.54 bits per heavy atom. The van der Waals surface area contributed by atoms with Gasteiger partial charge in [0, 0.05) is 0 Å². The van der Waals surface area contributed by atoms with Crippen LogP contribution in [0.2, 0.25) is 0 Å². The van der Waals surface area contributed by atoms with Crippen molar-refractivity contribution < 1.29 is 9.21 Å². The number of nitrogens with one attached hydrogen (secondary N) is 1. The van der Waals surface area contributed by atoms with E-state index in [1.54, 1.807) is 12.1 Å². The van der Waals surface area contributed by atoms with E-state index in [9.17, 15) is 4.79 Å². The molecule has 3 heteroatoms. The highest BCUT2D eigenvalue weighted by atomic mass is 16.3. The molecule has 1 aliphatic rings. The number of ketones is 1. The Bertz CT molecular complexity index is 273. The average molecular weight is 179 g/mol. The fraction of sp³-hybridized carbons (Fsp3) is 0.500. The molecule has 0 radical (unpaired) electrons. The maximum atomic E-state index is 11.7. The molecule has 0 aliphatic carbocycles. The monoisotopic (exact) mass is 179 g/mol. The molecule has 3 nitrogen and oxygen atoms in total. The highest BCUT2D eigenvalue weighted by Gasteiger charge is 2.23. The maximum absolute atomic E-state index is 11.7. The van der Waals surface area contributed by atoms with Crippen LogP contribution in [0, 0.1) is 0 Å². The maximum Gasteiger partial charge on any atom is 0.214 e. The highest BCUT2D eigenvalue weighted by Crippen LogP contribution is 2.12. The molecule has 2 heterocycles. The molecule has 1 fully saturated rings. The van der Waals surface area contributed by atoms with Crippen molar-refractivity contribution in [1.29, 1.82) is 0 Å². The van der Waals surface area contributed by atoms with Gasteiger partial charge in [-0.25, -0.2) is 0 Å². The van der Waals surface area contributed by atoms with Gasteiger partial charge in [0.05, 0.1) is 12.3 Å². The van der Waals surface area contributed by atoms with Crippen LogP contribution in [0.3, 0.4) is 0 Å². The van der Waals surface area contributed by atoms with E-state index < -0.39 is 0 Å². The molecule has 2 rings (SSSR count). The summed E-state index contributed by atoms with van der Waals surface area (Å²) in [4.78, 5) is 11.7. The van der Waals surface area contributed by atoms with Crippen molar-refractivity contribution >= 4 is 5.78 Å². The average Bonchev–Trinajstić information content (AvgIpc) is 2.71. The SMILES string of the molecule is O=C(c1ccco1)C1CCCCN1. The molecule has 0 bridgehead atoms. The van der Waals surface area contributed by atoms with E-state index in [2.05, 4.69) is 5.32 Å². The molecule has 0 spiro atoms. The van der Waals surface area contributed by atoms with Crippen molar-refractivity contribution in [2.75, 3.05) is 6.54 Å². The largest absolute Gasteiger partial charge is 0.461 e. The van der Waals surface area contributed by atoms with E-state index in [1.807, 2.05) is 0 Å². The van der Waals surface area contributed by atoms with Crippen LogP contribution < -0.4 is 5.32 Å². The Labute approximate surface area is 77.1 Å². The third-order valence-corrected chi connectivity index (χ3v) is 2.39. The summed E-state index contributed by atoms with van der Waals surface area (Å²) in [5, 5.41) is 3.20. The van der Waals surface area contributed by atoms with Crippen LogP contribution in [0.5, 0.6) is 0 Å². The van der Waals surface area contributed by atoms with Crippen LogP contribution in [0.25, 0.3) is 0 Å². The molecule has 1 N–H and O–H groups in total. The van der Waals surface area contributed by atoms with Crippen LogP contribution in [0.15, 0.2) is 22.8 Å². The van der Waals surface area contributed by atoms with Crippen LogP contribution >= 0.6 is 0 Å².